The highest BCUT2D eigenvalue weighted by Gasteiger charge is 2.17. The molecule has 0 amide bonds. The van der Waals surface area contributed by atoms with E-state index in [1.54, 1.807) is 18.7 Å². The smallest absolute Gasteiger partial charge is 0.316 e. The monoisotopic (exact) mass is 394 g/mol. The number of hydrogen-bond donors (Lipinski definition) is 0. The van der Waals surface area contributed by atoms with Gasteiger partial charge < -0.3 is 4.57 Å². The van der Waals surface area contributed by atoms with Gasteiger partial charge in [-0.15, -0.1) is 0 Å². The minimum Gasteiger partial charge on any atom is -0.316 e. The number of thioether (sulfide) groups is 1. The molecule has 0 saturated carbocycles. The molecule has 0 unspecified atom stereocenters. The zero-order chi connectivity index (χ0) is 16.7. The van der Waals surface area contributed by atoms with E-state index in [-0.39, 0.29) is 11.2 Å². The molecule has 1 aromatic carbocycles. The first-order chi connectivity index (χ1) is 10.9. The van der Waals surface area contributed by atoms with Crippen LogP contribution in [0.5, 0.6) is 0 Å². The van der Waals surface area contributed by atoms with Crippen molar-refractivity contribution in [3.05, 3.63) is 55.1 Å². The van der Waals surface area contributed by atoms with Gasteiger partial charge in [-0.25, -0.2) is 9.78 Å². The molecule has 0 N–H and O–H groups in total. The summed E-state index contributed by atoms with van der Waals surface area (Å²) < 4.78 is 5.29. The third-order valence-electron chi connectivity index (χ3n) is 3.75. The summed E-state index contributed by atoms with van der Waals surface area (Å²) in [7, 11) is 4.90. The van der Waals surface area contributed by atoms with Gasteiger partial charge in [0, 0.05) is 31.4 Å². The summed E-state index contributed by atoms with van der Waals surface area (Å²) in [6.45, 7) is 0. The van der Waals surface area contributed by atoms with Crippen LogP contribution in [-0.2, 0) is 26.9 Å². The van der Waals surface area contributed by atoms with Crippen molar-refractivity contribution in [2.24, 2.45) is 21.1 Å². The first-order valence-electron chi connectivity index (χ1n) is 6.90. The molecule has 0 atom stereocenters. The number of fused-ring (bicyclic) bond motifs is 1. The fraction of sp³-hybridized carbons (Fsp3) is 0.267. The SMILES string of the molecule is Cn1c(=O)c2c(nc(SCc3ccccc3Br)n2C)n(C)c1=O. The van der Waals surface area contributed by atoms with E-state index >= 15 is 0 Å². The fourth-order valence-electron chi connectivity index (χ4n) is 2.39. The Hall–Kier alpha value is -1.80. The first kappa shape index (κ1) is 16.1. The largest absolute Gasteiger partial charge is 0.332 e. The molecular weight excluding hydrogens is 380 g/mol. The van der Waals surface area contributed by atoms with Crippen LogP contribution in [0.4, 0.5) is 0 Å². The number of aryl methyl sites for hydroxylation is 2. The van der Waals surface area contributed by atoms with Crippen LogP contribution in [0.2, 0.25) is 0 Å². The van der Waals surface area contributed by atoms with Gasteiger partial charge >= 0.3 is 5.69 Å². The number of imidazole rings is 1. The molecule has 6 nitrogen and oxygen atoms in total. The molecule has 0 spiro atoms. The van der Waals surface area contributed by atoms with Crippen molar-refractivity contribution in [2.75, 3.05) is 0 Å². The van der Waals surface area contributed by atoms with E-state index in [9.17, 15) is 9.59 Å². The van der Waals surface area contributed by atoms with Crippen LogP contribution in [0.3, 0.4) is 0 Å². The zero-order valence-corrected chi connectivity index (χ0v) is 15.3. The lowest BCUT2D eigenvalue weighted by Crippen LogP contribution is -2.37. The Kier molecular flexibility index (Phi) is 4.20. The van der Waals surface area contributed by atoms with E-state index in [0.29, 0.717) is 22.1 Å². The van der Waals surface area contributed by atoms with Crippen LogP contribution >= 0.6 is 27.7 Å². The Balaban J connectivity index is 2.07. The summed E-state index contributed by atoms with van der Waals surface area (Å²) in [5.41, 5.74) is 1.29. The summed E-state index contributed by atoms with van der Waals surface area (Å²) in [4.78, 5) is 28.8. The summed E-state index contributed by atoms with van der Waals surface area (Å²) >= 11 is 5.05. The van der Waals surface area contributed by atoms with Crippen molar-refractivity contribution in [1.29, 1.82) is 0 Å². The Morgan fingerprint density at radius 2 is 1.78 bits per heavy atom. The van der Waals surface area contributed by atoms with Crippen molar-refractivity contribution in [1.82, 2.24) is 18.7 Å². The normalized spacial score (nSPS) is 11.3. The summed E-state index contributed by atoms with van der Waals surface area (Å²) in [5.74, 6) is 0.715. The Morgan fingerprint density at radius 3 is 2.48 bits per heavy atom. The summed E-state index contributed by atoms with van der Waals surface area (Å²) in [6.07, 6.45) is 0. The Labute approximate surface area is 144 Å². The number of rotatable bonds is 3. The predicted molar refractivity (Wildman–Crippen MR) is 94.9 cm³/mol. The van der Waals surface area contributed by atoms with Crippen LogP contribution in [0.25, 0.3) is 11.2 Å². The van der Waals surface area contributed by atoms with E-state index in [1.807, 2.05) is 24.3 Å². The molecule has 0 bridgehead atoms. The highest BCUT2D eigenvalue weighted by atomic mass is 79.9. The van der Waals surface area contributed by atoms with Crippen LogP contribution < -0.4 is 11.2 Å². The maximum Gasteiger partial charge on any atom is 0.332 e. The molecule has 0 fully saturated rings. The quantitative estimate of drug-likeness (QED) is 0.637. The van der Waals surface area contributed by atoms with Gasteiger partial charge in [-0.1, -0.05) is 45.9 Å². The lowest BCUT2D eigenvalue weighted by Gasteiger charge is -2.04. The second kappa shape index (κ2) is 6.01. The number of benzene rings is 1. The lowest BCUT2D eigenvalue weighted by atomic mass is 10.2. The van der Waals surface area contributed by atoms with Crippen molar-refractivity contribution in [2.45, 2.75) is 10.9 Å². The number of nitrogens with zero attached hydrogens (tertiary/aromatic N) is 4. The molecule has 2 aromatic heterocycles. The van der Waals surface area contributed by atoms with Gasteiger partial charge in [0.25, 0.3) is 5.56 Å². The Bertz CT molecular complexity index is 1020. The summed E-state index contributed by atoms with van der Waals surface area (Å²) in [5, 5.41) is 0.703. The molecule has 0 aliphatic heterocycles. The number of halogens is 1. The third kappa shape index (κ3) is 2.66. The first-order valence-corrected chi connectivity index (χ1v) is 8.68. The predicted octanol–water partition coefficient (Wildman–Crippen LogP) is 2.03. The van der Waals surface area contributed by atoms with Crippen LogP contribution in [0, 0.1) is 0 Å². The van der Waals surface area contributed by atoms with E-state index in [2.05, 4.69) is 20.9 Å². The van der Waals surface area contributed by atoms with E-state index < -0.39 is 0 Å². The van der Waals surface area contributed by atoms with E-state index in [1.165, 1.54) is 23.4 Å². The summed E-state index contributed by atoms with van der Waals surface area (Å²) in [6, 6.07) is 7.97. The second-order valence-electron chi connectivity index (χ2n) is 5.21. The molecule has 120 valence electrons. The zero-order valence-electron chi connectivity index (χ0n) is 12.9. The molecule has 2 heterocycles. The van der Waals surface area contributed by atoms with Crippen molar-refractivity contribution in [3.63, 3.8) is 0 Å². The van der Waals surface area contributed by atoms with Gasteiger partial charge in [-0.05, 0) is 11.6 Å². The number of aromatic nitrogens is 4. The van der Waals surface area contributed by atoms with Gasteiger partial charge in [-0.2, -0.15) is 0 Å². The molecule has 3 rings (SSSR count). The molecular formula is C15H15BrN4O2S. The molecule has 0 aliphatic rings. The van der Waals surface area contributed by atoms with Gasteiger partial charge in [0.1, 0.15) is 0 Å². The minimum absolute atomic E-state index is 0.328. The maximum absolute atomic E-state index is 12.3. The average molecular weight is 395 g/mol. The third-order valence-corrected chi connectivity index (χ3v) is 5.60. The van der Waals surface area contributed by atoms with Crippen molar-refractivity contribution < 1.29 is 0 Å². The Morgan fingerprint density at radius 1 is 1.09 bits per heavy atom. The van der Waals surface area contributed by atoms with Gasteiger partial charge in [0.15, 0.2) is 16.3 Å². The fourth-order valence-corrected chi connectivity index (χ4v) is 3.97. The number of hydrogen-bond acceptors (Lipinski definition) is 4. The molecule has 3 aromatic rings. The van der Waals surface area contributed by atoms with Crippen molar-refractivity contribution >= 4 is 38.9 Å². The van der Waals surface area contributed by atoms with Crippen molar-refractivity contribution in [3.8, 4) is 0 Å². The molecule has 8 heteroatoms. The van der Waals surface area contributed by atoms with Gasteiger partial charge in [0.05, 0.1) is 0 Å². The highest BCUT2D eigenvalue weighted by Crippen LogP contribution is 2.27. The van der Waals surface area contributed by atoms with Gasteiger partial charge in [0.2, 0.25) is 0 Å². The average Bonchev–Trinajstić information content (AvgIpc) is 2.87. The standard InChI is InChI=1S/C15H15BrN4O2S/c1-18-11-12(19(2)15(22)20(3)13(11)21)17-14(18)23-8-9-6-4-5-7-10(9)16/h4-7H,8H2,1-3H3. The van der Waals surface area contributed by atoms with Crippen LogP contribution in [-0.4, -0.2) is 18.7 Å². The molecule has 23 heavy (non-hydrogen) atoms. The van der Waals surface area contributed by atoms with Gasteiger partial charge in [-0.3, -0.25) is 13.9 Å². The second-order valence-corrected chi connectivity index (χ2v) is 7.01. The van der Waals surface area contributed by atoms with E-state index in [0.717, 1.165) is 14.6 Å². The molecule has 0 saturated heterocycles. The molecule has 0 radical (unpaired) electrons. The van der Waals surface area contributed by atoms with Crippen LogP contribution in [0.15, 0.2) is 43.5 Å². The highest BCUT2D eigenvalue weighted by molar-refractivity contribution is 9.10. The minimum atomic E-state index is -0.372. The van der Waals surface area contributed by atoms with Crippen LogP contribution in [0.1, 0.15) is 5.56 Å². The topological polar surface area (TPSA) is 61.8 Å². The lowest BCUT2D eigenvalue weighted by molar-refractivity contribution is 0.705. The van der Waals surface area contributed by atoms with E-state index in [4.69, 9.17) is 0 Å². The maximum atomic E-state index is 12.3. The molecule has 0 aliphatic carbocycles.